The van der Waals surface area contributed by atoms with Gasteiger partial charge >= 0.3 is 0 Å². The number of carbonyl (C=O) groups excluding carboxylic acids is 1. The summed E-state index contributed by atoms with van der Waals surface area (Å²) in [6.45, 7) is 5.32. The maximum atomic E-state index is 12.6. The van der Waals surface area contributed by atoms with Crippen molar-refractivity contribution in [3.05, 3.63) is 58.6 Å². The number of amides is 1. The Hall–Kier alpha value is -2.74. The molecule has 0 spiro atoms. The molecule has 0 aliphatic carbocycles. The van der Waals surface area contributed by atoms with Gasteiger partial charge in [-0.25, -0.2) is 8.42 Å². The van der Waals surface area contributed by atoms with Gasteiger partial charge in [0, 0.05) is 23.2 Å². The predicted octanol–water partition coefficient (Wildman–Crippen LogP) is 3.41. The highest BCUT2D eigenvalue weighted by Gasteiger charge is 2.22. The number of anilines is 1. The van der Waals surface area contributed by atoms with Crippen LogP contribution in [0.5, 0.6) is 0 Å². The number of nitro benzene ring substituents is 1. The molecule has 0 aliphatic heterocycles. The number of carbonyl (C=O) groups is 1. The van der Waals surface area contributed by atoms with E-state index >= 15 is 0 Å². The van der Waals surface area contributed by atoms with E-state index < -0.39 is 20.2 Å². The van der Waals surface area contributed by atoms with E-state index in [0.29, 0.717) is 5.69 Å². The third kappa shape index (κ3) is 4.21. The van der Waals surface area contributed by atoms with Gasteiger partial charge in [-0.3, -0.25) is 14.9 Å². The molecule has 1 N–H and O–H groups in total. The summed E-state index contributed by atoms with van der Waals surface area (Å²) in [6, 6.07) is 10.5. The van der Waals surface area contributed by atoms with Gasteiger partial charge in [0.2, 0.25) is 15.7 Å². The summed E-state index contributed by atoms with van der Waals surface area (Å²) in [5.41, 5.74) is -0.259. The predicted molar refractivity (Wildman–Crippen MR) is 93.1 cm³/mol. The lowest BCUT2D eigenvalue weighted by Gasteiger charge is -2.17. The van der Waals surface area contributed by atoms with Crippen molar-refractivity contribution < 1.29 is 18.1 Å². The number of hydrogen-bond donors (Lipinski definition) is 1. The topological polar surface area (TPSA) is 106 Å². The number of nitro groups is 1. The molecule has 0 bridgehead atoms. The lowest BCUT2D eigenvalue weighted by molar-refractivity contribution is -0.384. The van der Waals surface area contributed by atoms with E-state index in [1.54, 1.807) is 20.8 Å². The van der Waals surface area contributed by atoms with Crippen LogP contribution in [-0.4, -0.2) is 19.2 Å². The van der Waals surface area contributed by atoms with Crippen LogP contribution in [0.1, 0.15) is 20.8 Å². The summed E-state index contributed by atoms with van der Waals surface area (Å²) < 4.78 is 25.1. The largest absolute Gasteiger partial charge is 0.326 e. The monoisotopic (exact) mass is 362 g/mol. The molecule has 0 aliphatic rings. The van der Waals surface area contributed by atoms with Crippen molar-refractivity contribution in [3.8, 4) is 0 Å². The first-order chi connectivity index (χ1) is 11.5. The maximum absolute atomic E-state index is 12.6. The van der Waals surface area contributed by atoms with Crippen molar-refractivity contribution in [3.63, 3.8) is 0 Å². The zero-order valence-electron chi connectivity index (χ0n) is 14.0. The molecule has 2 rings (SSSR count). The fraction of sp³-hybridized carbons (Fsp3) is 0.235. The molecule has 7 nitrogen and oxygen atoms in total. The third-order valence-electron chi connectivity index (χ3n) is 3.46. The Labute approximate surface area is 145 Å². The standard InChI is InChI=1S/C17H18N2O5S/c1-17(2,3)16(20)18-12-4-8-14(9-5-12)25(23,24)15-10-6-13(7-11-15)19(21)22/h4-11H,1-3H3,(H,18,20). The first kappa shape index (κ1) is 18.6. The Kier molecular flexibility index (Phi) is 4.94. The van der Waals surface area contributed by atoms with E-state index in [0.717, 1.165) is 12.1 Å². The van der Waals surface area contributed by atoms with Crippen LogP contribution in [0, 0.1) is 15.5 Å². The molecule has 0 fully saturated rings. The second kappa shape index (κ2) is 6.64. The smallest absolute Gasteiger partial charge is 0.269 e. The Morgan fingerprint density at radius 3 is 1.80 bits per heavy atom. The van der Waals surface area contributed by atoms with Crippen LogP contribution in [0.3, 0.4) is 0 Å². The van der Waals surface area contributed by atoms with Crippen molar-refractivity contribution in [2.45, 2.75) is 30.6 Å². The van der Waals surface area contributed by atoms with Crippen molar-refractivity contribution in [1.82, 2.24) is 0 Å². The van der Waals surface area contributed by atoms with E-state index in [2.05, 4.69) is 5.32 Å². The normalized spacial score (nSPS) is 11.8. The fourth-order valence-electron chi connectivity index (χ4n) is 1.92. The van der Waals surface area contributed by atoms with E-state index in [1.807, 2.05) is 0 Å². The quantitative estimate of drug-likeness (QED) is 0.662. The molecular weight excluding hydrogens is 344 g/mol. The minimum absolute atomic E-state index is 0.0371. The number of benzene rings is 2. The van der Waals surface area contributed by atoms with Crippen LogP contribution in [0.15, 0.2) is 58.3 Å². The summed E-state index contributed by atoms with van der Waals surface area (Å²) in [7, 11) is -3.79. The number of rotatable bonds is 4. The van der Waals surface area contributed by atoms with Crippen LogP contribution < -0.4 is 5.32 Å². The highest BCUT2D eigenvalue weighted by atomic mass is 32.2. The summed E-state index contributed by atoms with van der Waals surface area (Å²) in [4.78, 5) is 22.0. The molecule has 0 unspecified atom stereocenters. The zero-order valence-corrected chi connectivity index (χ0v) is 14.8. The molecule has 2 aromatic rings. The molecule has 0 heterocycles. The van der Waals surface area contributed by atoms with Crippen LogP contribution in [0.2, 0.25) is 0 Å². The van der Waals surface area contributed by atoms with E-state index in [-0.39, 0.29) is 21.4 Å². The van der Waals surface area contributed by atoms with Gasteiger partial charge in [-0.05, 0) is 36.4 Å². The average Bonchev–Trinajstić information content (AvgIpc) is 2.54. The number of sulfone groups is 1. The number of non-ortho nitro benzene ring substituents is 1. The Morgan fingerprint density at radius 1 is 0.960 bits per heavy atom. The van der Waals surface area contributed by atoms with Gasteiger partial charge < -0.3 is 5.32 Å². The third-order valence-corrected chi connectivity index (χ3v) is 5.25. The first-order valence-electron chi connectivity index (χ1n) is 7.43. The van der Waals surface area contributed by atoms with Crippen LogP contribution in [-0.2, 0) is 14.6 Å². The lowest BCUT2D eigenvalue weighted by Crippen LogP contribution is -2.27. The van der Waals surface area contributed by atoms with E-state index in [9.17, 15) is 23.3 Å². The molecule has 1 amide bonds. The summed E-state index contributed by atoms with van der Waals surface area (Å²) in [6.07, 6.45) is 0. The molecule has 0 atom stereocenters. The van der Waals surface area contributed by atoms with Crippen LogP contribution in [0.4, 0.5) is 11.4 Å². The molecule has 2 aromatic carbocycles. The Bertz CT molecular complexity index is 896. The molecule has 8 heteroatoms. The number of nitrogens with zero attached hydrogens (tertiary/aromatic N) is 1. The second-order valence-electron chi connectivity index (χ2n) is 6.48. The van der Waals surface area contributed by atoms with E-state index in [1.165, 1.54) is 36.4 Å². The van der Waals surface area contributed by atoms with Crippen molar-refractivity contribution >= 4 is 27.1 Å². The Balaban J connectivity index is 2.26. The van der Waals surface area contributed by atoms with Gasteiger partial charge in [-0.15, -0.1) is 0 Å². The van der Waals surface area contributed by atoms with Crippen molar-refractivity contribution in [2.24, 2.45) is 5.41 Å². The minimum atomic E-state index is -3.79. The minimum Gasteiger partial charge on any atom is -0.326 e. The molecular formula is C17H18N2O5S. The molecule has 0 saturated carbocycles. The SMILES string of the molecule is CC(C)(C)C(=O)Nc1ccc(S(=O)(=O)c2ccc([N+](=O)[O-])cc2)cc1. The van der Waals surface area contributed by atoms with Crippen LogP contribution in [0.25, 0.3) is 0 Å². The summed E-state index contributed by atoms with van der Waals surface area (Å²) >= 11 is 0. The number of hydrogen-bond acceptors (Lipinski definition) is 5. The first-order valence-corrected chi connectivity index (χ1v) is 8.91. The molecule has 0 saturated heterocycles. The van der Waals surface area contributed by atoms with Crippen molar-refractivity contribution in [1.29, 1.82) is 0 Å². The fourth-order valence-corrected chi connectivity index (χ4v) is 3.18. The van der Waals surface area contributed by atoms with E-state index in [4.69, 9.17) is 0 Å². The second-order valence-corrected chi connectivity index (χ2v) is 8.43. The maximum Gasteiger partial charge on any atom is 0.269 e. The Morgan fingerprint density at radius 2 is 1.40 bits per heavy atom. The van der Waals surface area contributed by atoms with Gasteiger partial charge in [-0.2, -0.15) is 0 Å². The molecule has 0 aromatic heterocycles. The average molecular weight is 362 g/mol. The molecule has 0 radical (unpaired) electrons. The number of nitrogens with one attached hydrogen (secondary N) is 1. The summed E-state index contributed by atoms with van der Waals surface area (Å²) in [5.74, 6) is -0.182. The van der Waals surface area contributed by atoms with Gasteiger partial charge in [0.1, 0.15) is 0 Å². The highest BCUT2D eigenvalue weighted by Crippen LogP contribution is 2.25. The van der Waals surface area contributed by atoms with Gasteiger partial charge in [0.25, 0.3) is 5.69 Å². The lowest BCUT2D eigenvalue weighted by atomic mass is 9.95. The van der Waals surface area contributed by atoms with Gasteiger partial charge in [-0.1, -0.05) is 20.8 Å². The van der Waals surface area contributed by atoms with Crippen LogP contribution >= 0.6 is 0 Å². The molecule has 25 heavy (non-hydrogen) atoms. The van der Waals surface area contributed by atoms with Gasteiger partial charge in [0.05, 0.1) is 14.7 Å². The highest BCUT2D eigenvalue weighted by molar-refractivity contribution is 7.91. The van der Waals surface area contributed by atoms with Gasteiger partial charge in [0.15, 0.2) is 0 Å². The summed E-state index contributed by atoms with van der Waals surface area (Å²) in [5, 5.41) is 13.4. The zero-order chi connectivity index (χ0) is 18.8. The van der Waals surface area contributed by atoms with Crippen molar-refractivity contribution in [2.75, 3.05) is 5.32 Å². The molecule has 132 valence electrons.